The summed E-state index contributed by atoms with van der Waals surface area (Å²) in [5, 5.41) is 9.15. The zero-order chi connectivity index (χ0) is 18.0. The Morgan fingerprint density at radius 3 is 2.76 bits per heavy atom. The van der Waals surface area contributed by atoms with Gasteiger partial charge in [0, 0.05) is 46.5 Å². The Kier molecular flexibility index (Phi) is 4.94. The van der Waals surface area contributed by atoms with E-state index in [1.165, 1.54) is 0 Å². The van der Waals surface area contributed by atoms with Crippen LogP contribution in [0.1, 0.15) is 29.6 Å². The first kappa shape index (κ1) is 17.7. The number of aromatic nitrogens is 1. The van der Waals surface area contributed by atoms with Crippen molar-refractivity contribution in [2.24, 2.45) is 5.41 Å². The van der Waals surface area contributed by atoms with Gasteiger partial charge in [-0.1, -0.05) is 0 Å². The fraction of sp³-hybridized carbons (Fsp3) is 0.611. The minimum absolute atomic E-state index is 0.0195. The van der Waals surface area contributed by atoms with E-state index in [2.05, 4.69) is 4.98 Å². The Bertz CT molecular complexity index is 644. The number of β-amino-alcohol motifs (C(OH)–C–C–N with tert-alkyl or cyclic N) is 1. The Hall–Kier alpha value is -2.15. The first-order valence-electron chi connectivity index (χ1n) is 8.80. The third-order valence-corrected chi connectivity index (χ3v) is 5.29. The van der Waals surface area contributed by atoms with E-state index in [1.54, 1.807) is 22.1 Å². The molecule has 136 valence electrons. The second-order valence-electron chi connectivity index (χ2n) is 7.18. The number of piperidine rings is 1. The van der Waals surface area contributed by atoms with E-state index < -0.39 is 5.41 Å². The lowest BCUT2D eigenvalue weighted by Gasteiger charge is -2.39. The van der Waals surface area contributed by atoms with Crippen molar-refractivity contribution in [3.63, 3.8) is 0 Å². The highest BCUT2D eigenvalue weighted by atomic mass is 16.3. The molecule has 2 aliphatic rings. The van der Waals surface area contributed by atoms with Crippen molar-refractivity contribution < 1.29 is 14.7 Å². The molecule has 3 rings (SSSR count). The van der Waals surface area contributed by atoms with Gasteiger partial charge in [0.2, 0.25) is 5.91 Å². The Morgan fingerprint density at radius 1 is 1.32 bits per heavy atom. The van der Waals surface area contributed by atoms with Crippen LogP contribution in [0.3, 0.4) is 0 Å². The number of amides is 2. The van der Waals surface area contributed by atoms with Crippen molar-refractivity contribution in [3.8, 4) is 0 Å². The summed E-state index contributed by atoms with van der Waals surface area (Å²) in [5.74, 6) is 0.822. The van der Waals surface area contributed by atoms with E-state index in [0.29, 0.717) is 38.2 Å². The largest absolute Gasteiger partial charge is 0.395 e. The average molecular weight is 346 g/mol. The summed E-state index contributed by atoms with van der Waals surface area (Å²) in [5.41, 5.74) is 0.0817. The van der Waals surface area contributed by atoms with E-state index in [-0.39, 0.29) is 18.4 Å². The molecule has 2 aliphatic heterocycles. The van der Waals surface area contributed by atoms with Crippen LogP contribution >= 0.6 is 0 Å². The van der Waals surface area contributed by atoms with Crippen molar-refractivity contribution in [1.29, 1.82) is 0 Å². The molecular formula is C18H26N4O3. The standard InChI is InChI=1S/C18H26N4O3/c1-20(2)15-5-4-14(12-19-15)16(24)22-9-7-18(13-22)6-3-8-21(10-11-23)17(18)25/h4-5,12,23H,3,6-11,13H2,1-2H3. The van der Waals surface area contributed by atoms with Crippen LogP contribution in [0.4, 0.5) is 5.82 Å². The highest BCUT2D eigenvalue weighted by Gasteiger charge is 2.49. The molecule has 1 N–H and O–H groups in total. The monoisotopic (exact) mass is 346 g/mol. The predicted molar refractivity (Wildman–Crippen MR) is 94.4 cm³/mol. The summed E-state index contributed by atoms with van der Waals surface area (Å²) >= 11 is 0. The molecule has 2 saturated heterocycles. The zero-order valence-electron chi connectivity index (χ0n) is 14.9. The first-order valence-corrected chi connectivity index (χ1v) is 8.80. The summed E-state index contributed by atoms with van der Waals surface area (Å²) in [6.45, 7) is 2.11. The van der Waals surface area contributed by atoms with Crippen LogP contribution in [0, 0.1) is 5.41 Å². The number of carbonyl (C=O) groups excluding carboxylic acids is 2. The molecule has 0 saturated carbocycles. The van der Waals surface area contributed by atoms with Gasteiger partial charge >= 0.3 is 0 Å². The van der Waals surface area contributed by atoms with Gasteiger partial charge < -0.3 is 19.8 Å². The molecule has 0 bridgehead atoms. The van der Waals surface area contributed by atoms with E-state index in [4.69, 9.17) is 5.11 Å². The first-order chi connectivity index (χ1) is 12.0. The maximum absolute atomic E-state index is 12.8. The molecule has 0 aromatic carbocycles. The number of rotatable bonds is 4. The minimum atomic E-state index is -0.472. The number of anilines is 1. The molecule has 1 unspecified atom stereocenters. The zero-order valence-corrected chi connectivity index (χ0v) is 14.9. The van der Waals surface area contributed by atoms with Crippen molar-refractivity contribution in [2.75, 3.05) is 51.8 Å². The number of hydrogen-bond acceptors (Lipinski definition) is 5. The van der Waals surface area contributed by atoms with Crippen molar-refractivity contribution in [3.05, 3.63) is 23.9 Å². The highest BCUT2D eigenvalue weighted by molar-refractivity contribution is 5.95. The van der Waals surface area contributed by atoms with E-state index in [1.807, 2.05) is 25.1 Å². The molecule has 1 aromatic heterocycles. The fourth-order valence-electron chi connectivity index (χ4n) is 3.87. The van der Waals surface area contributed by atoms with Gasteiger partial charge in [0.1, 0.15) is 5.82 Å². The van der Waals surface area contributed by atoms with Crippen LogP contribution in [0.5, 0.6) is 0 Å². The van der Waals surface area contributed by atoms with Crippen LogP contribution in [0.25, 0.3) is 0 Å². The van der Waals surface area contributed by atoms with Gasteiger partial charge in [0.15, 0.2) is 0 Å². The van der Waals surface area contributed by atoms with Crippen LogP contribution in [-0.4, -0.2) is 78.6 Å². The van der Waals surface area contributed by atoms with Crippen molar-refractivity contribution in [1.82, 2.24) is 14.8 Å². The van der Waals surface area contributed by atoms with Crippen LogP contribution in [0.15, 0.2) is 18.3 Å². The molecule has 25 heavy (non-hydrogen) atoms. The maximum Gasteiger partial charge on any atom is 0.255 e. The van der Waals surface area contributed by atoms with Crippen molar-refractivity contribution in [2.45, 2.75) is 19.3 Å². The Labute approximate surface area is 148 Å². The lowest BCUT2D eigenvalue weighted by molar-refractivity contribution is -0.146. The van der Waals surface area contributed by atoms with Gasteiger partial charge in [0.05, 0.1) is 17.6 Å². The molecule has 0 aliphatic carbocycles. The third-order valence-electron chi connectivity index (χ3n) is 5.29. The van der Waals surface area contributed by atoms with Gasteiger partial charge in [-0.2, -0.15) is 0 Å². The SMILES string of the molecule is CN(C)c1ccc(C(=O)N2CCC3(CCCN(CCO)C3=O)C2)cn1. The Balaban J connectivity index is 1.71. The number of nitrogens with zero attached hydrogens (tertiary/aromatic N) is 4. The molecule has 1 atom stereocenters. The summed E-state index contributed by atoms with van der Waals surface area (Å²) in [7, 11) is 3.81. The number of hydrogen-bond donors (Lipinski definition) is 1. The summed E-state index contributed by atoms with van der Waals surface area (Å²) in [6.07, 6.45) is 4.04. The van der Waals surface area contributed by atoms with Crippen LogP contribution < -0.4 is 4.90 Å². The van der Waals surface area contributed by atoms with Gasteiger partial charge in [-0.3, -0.25) is 9.59 Å². The van der Waals surface area contributed by atoms with Crippen molar-refractivity contribution >= 4 is 17.6 Å². The normalized spacial score (nSPS) is 23.4. The molecular weight excluding hydrogens is 320 g/mol. The van der Waals surface area contributed by atoms with Gasteiger partial charge in [0.25, 0.3) is 5.91 Å². The van der Waals surface area contributed by atoms with E-state index in [0.717, 1.165) is 18.7 Å². The van der Waals surface area contributed by atoms with Gasteiger partial charge in [-0.25, -0.2) is 4.98 Å². The molecule has 0 radical (unpaired) electrons. The molecule has 2 amide bonds. The van der Waals surface area contributed by atoms with Crippen LogP contribution in [-0.2, 0) is 4.79 Å². The maximum atomic E-state index is 12.8. The number of aliphatic hydroxyl groups excluding tert-OH is 1. The average Bonchev–Trinajstić information content (AvgIpc) is 3.04. The number of pyridine rings is 1. The smallest absolute Gasteiger partial charge is 0.255 e. The molecule has 7 heteroatoms. The number of aliphatic hydroxyl groups is 1. The van der Waals surface area contributed by atoms with Gasteiger partial charge in [-0.15, -0.1) is 0 Å². The van der Waals surface area contributed by atoms with Gasteiger partial charge in [-0.05, 0) is 31.4 Å². The summed E-state index contributed by atoms with van der Waals surface area (Å²) in [4.78, 5) is 35.3. The molecule has 7 nitrogen and oxygen atoms in total. The Morgan fingerprint density at radius 2 is 2.12 bits per heavy atom. The minimum Gasteiger partial charge on any atom is -0.395 e. The summed E-state index contributed by atoms with van der Waals surface area (Å²) in [6, 6.07) is 3.62. The predicted octanol–water partition coefficient (Wildman–Crippen LogP) is 0.595. The lowest BCUT2D eigenvalue weighted by Crippen LogP contribution is -2.51. The highest BCUT2D eigenvalue weighted by Crippen LogP contribution is 2.40. The molecule has 1 spiro atoms. The topological polar surface area (TPSA) is 77.0 Å². The van der Waals surface area contributed by atoms with Crippen LogP contribution in [0.2, 0.25) is 0 Å². The fourth-order valence-corrected chi connectivity index (χ4v) is 3.87. The lowest BCUT2D eigenvalue weighted by atomic mass is 9.78. The van der Waals surface area contributed by atoms with E-state index in [9.17, 15) is 9.59 Å². The number of carbonyl (C=O) groups is 2. The summed E-state index contributed by atoms with van der Waals surface area (Å²) < 4.78 is 0. The second-order valence-corrected chi connectivity index (χ2v) is 7.18. The number of likely N-dealkylation sites (tertiary alicyclic amines) is 2. The molecule has 1 aromatic rings. The molecule has 3 heterocycles. The third kappa shape index (κ3) is 3.33. The second kappa shape index (κ2) is 7.00. The quantitative estimate of drug-likeness (QED) is 0.864. The van der Waals surface area contributed by atoms with E-state index >= 15 is 0 Å². The molecule has 2 fully saturated rings.